The van der Waals surface area contributed by atoms with Crippen LogP contribution >= 0.6 is 0 Å². The second-order valence-electron chi connectivity index (χ2n) is 14.0. The van der Waals surface area contributed by atoms with E-state index < -0.39 is 0 Å². The highest BCUT2D eigenvalue weighted by molar-refractivity contribution is 5.88. The molecule has 1 N–H and O–H groups in total. The van der Waals surface area contributed by atoms with E-state index in [9.17, 15) is 9.59 Å². The molecule has 0 radical (unpaired) electrons. The van der Waals surface area contributed by atoms with Crippen LogP contribution in [-0.4, -0.2) is 31.0 Å². The quantitative estimate of drug-likeness (QED) is 0.0426. The zero-order valence-electron chi connectivity index (χ0n) is 30.7. The van der Waals surface area contributed by atoms with Gasteiger partial charge in [-0.2, -0.15) is 0 Å². The number of Topliss-reactive ketones (excluding diaryl/α,β-unsaturated/α-hetero) is 1. The fraction of sp³-hybridized carbons (Fsp3) is 0.833. The van der Waals surface area contributed by atoms with Crippen LogP contribution in [0.4, 0.5) is 0 Å². The Kier molecular flexibility index (Phi) is 30.5. The largest absolute Gasteiger partial charge is 0.372 e. The Bertz CT molecular complexity index is 787. The fourth-order valence-electron chi connectivity index (χ4n) is 6.73. The normalized spacial score (nSPS) is 14.6. The van der Waals surface area contributed by atoms with Crippen LogP contribution in [0.15, 0.2) is 29.3 Å². The number of ketones is 1. The molecule has 266 valence electrons. The summed E-state index contributed by atoms with van der Waals surface area (Å²) in [7, 11) is 0. The van der Waals surface area contributed by atoms with E-state index >= 15 is 0 Å². The SMILES string of the molecule is CCCCCCCCC=CCCCCCCCC(=O)C(CC=O)CC(CCCCCCC=CCCCCCCCC)C1=NCCN1. The maximum atomic E-state index is 13.2. The summed E-state index contributed by atoms with van der Waals surface area (Å²) in [4.78, 5) is 29.4. The van der Waals surface area contributed by atoms with E-state index in [0.29, 0.717) is 18.6 Å². The molecular weight excluding hydrogens is 564 g/mol. The van der Waals surface area contributed by atoms with Crippen molar-refractivity contribution in [1.82, 2.24) is 5.32 Å². The molecule has 1 heterocycles. The molecule has 4 heteroatoms. The zero-order valence-corrected chi connectivity index (χ0v) is 30.7. The zero-order chi connectivity index (χ0) is 33.2. The summed E-state index contributed by atoms with van der Waals surface area (Å²) in [5, 5.41) is 3.48. The van der Waals surface area contributed by atoms with Gasteiger partial charge in [-0.3, -0.25) is 9.79 Å². The number of rotatable bonds is 35. The standard InChI is InChI=1S/C42H76N2O2/c1-3-5-7-9-11-13-15-17-19-21-23-25-27-29-31-33-41(46)39(34-37-45)38-40(42-43-35-36-44-42)32-30-28-26-24-22-20-18-16-14-12-10-8-6-4-2/h17-20,37,39-40H,3-16,21-36,38H2,1-2H3,(H,43,44). The van der Waals surface area contributed by atoms with Crippen LogP contribution in [-0.2, 0) is 9.59 Å². The van der Waals surface area contributed by atoms with Gasteiger partial charge < -0.3 is 10.1 Å². The molecule has 0 saturated heterocycles. The molecule has 4 nitrogen and oxygen atoms in total. The van der Waals surface area contributed by atoms with E-state index in [4.69, 9.17) is 4.99 Å². The van der Waals surface area contributed by atoms with Crippen LogP contribution < -0.4 is 5.32 Å². The van der Waals surface area contributed by atoms with E-state index in [1.165, 1.54) is 148 Å². The second kappa shape index (κ2) is 33.2. The number of aliphatic imine (C=N–C) groups is 1. The Labute approximate surface area is 286 Å². The smallest absolute Gasteiger partial charge is 0.136 e. The maximum absolute atomic E-state index is 13.2. The molecule has 46 heavy (non-hydrogen) atoms. The van der Waals surface area contributed by atoms with Crippen LogP contribution in [0.5, 0.6) is 0 Å². The van der Waals surface area contributed by atoms with Crippen LogP contribution in [0, 0.1) is 11.8 Å². The van der Waals surface area contributed by atoms with Gasteiger partial charge in [-0.1, -0.05) is 141 Å². The van der Waals surface area contributed by atoms with Gasteiger partial charge in [-0.15, -0.1) is 0 Å². The van der Waals surface area contributed by atoms with E-state index in [0.717, 1.165) is 50.9 Å². The average Bonchev–Trinajstić information content (AvgIpc) is 3.61. The molecular formula is C42H76N2O2. The Balaban J connectivity index is 2.21. The number of carbonyl (C=O) groups is 2. The lowest BCUT2D eigenvalue weighted by molar-refractivity contribution is -0.125. The summed E-state index contributed by atoms with van der Waals surface area (Å²) in [6, 6.07) is 0. The Morgan fingerprint density at radius 1 is 0.652 bits per heavy atom. The molecule has 0 aromatic heterocycles. The van der Waals surface area contributed by atoms with Gasteiger partial charge in [0.15, 0.2) is 0 Å². The van der Waals surface area contributed by atoms with Crippen molar-refractivity contribution in [3.05, 3.63) is 24.3 Å². The molecule has 0 amide bonds. The van der Waals surface area contributed by atoms with Crippen molar-refractivity contribution in [2.45, 2.75) is 200 Å². The van der Waals surface area contributed by atoms with Crippen LogP contribution in [0.3, 0.4) is 0 Å². The Hall–Kier alpha value is -1.71. The molecule has 1 aliphatic heterocycles. The molecule has 0 aromatic carbocycles. The van der Waals surface area contributed by atoms with Crippen molar-refractivity contribution in [3.8, 4) is 0 Å². The number of allylic oxidation sites excluding steroid dienone is 4. The lowest BCUT2D eigenvalue weighted by Crippen LogP contribution is -2.30. The van der Waals surface area contributed by atoms with Gasteiger partial charge in [0.25, 0.3) is 0 Å². The number of nitrogens with one attached hydrogen (secondary N) is 1. The van der Waals surface area contributed by atoms with E-state index in [-0.39, 0.29) is 11.8 Å². The monoisotopic (exact) mass is 641 g/mol. The first kappa shape index (κ1) is 42.3. The lowest BCUT2D eigenvalue weighted by Gasteiger charge is -2.22. The predicted octanol–water partition coefficient (Wildman–Crippen LogP) is 12.5. The first-order valence-electron chi connectivity index (χ1n) is 20.3. The molecule has 2 unspecified atom stereocenters. The number of amidine groups is 1. The van der Waals surface area contributed by atoms with Gasteiger partial charge in [0, 0.05) is 31.2 Å². The summed E-state index contributed by atoms with van der Waals surface area (Å²) >= 11 is 0. The minimum atomic E-state index is -0.152. The summed E-state index contributed by atoms with van der Waals surface area (Å²) in [6.07, 6.45) is 45.3. The van der Waals surface area contributed by atoms with Crippen molar-refractivity contribution in [2.24, 2.45) is 16.8 Å². The lowest BCUT2D eigenvalue weighted by atomic mass is 9.84. The summed E-state index contributed by atoms with van der Waals surface area (Å²) in [5.74, 6) is 1.51. The number of hydrogen-bond acceptors (Lipinski definition) is 4. The number of nitrogens with zero attached hydrogens (tertiary/aromatic N) is 1. The molecule has 0 aromatic rings. The topological polar surface area (TPSA) is 58.5 Å². The number of aldehydes is 1. The van der Waals surface area contributed by atoms with E-state index in [2.05, 4.69) is 43.5 Å². The summed E-state index contributed by atoms with van der Waals surface area (Å²) in [5.41, 5.74) is 0. The van der Waals surface area contributed by atoms with Crippen LogP contribution in [0.1, 0.15) is 200 Å². The maximum Gasteiger partial charge on any atom is 0.136 e. The summed E-state index contributed by atoms with van der Waals surface area (Å²) in [6.45, 7) is 6.28. The van der Waals surface area contributed by atoms with Crippen molar-refractivity contribution in [1.29, 1.82) is 0 Å². The van der Waals surface area contributed by atoms with Gasteiger partial charge in [-0.05, 0) is 70.6 Å². The molecule has 2 atom stereocenters. The van der Waals surface area contributed by atoms with E-state index in [1.807, 2.05) is 0 Å². The number of unbranched alkanes of at least 4 members (excludes halogenated alkanes) is 21. The van der Waals surface area contributed by atoms with Crippen LogP contribution in [0.25, 0.3) is 0 Å². The van der Waals surface area contributed by atoms with Gasteiger partial charge >= 0.3 is 0 Å². The highest BCUT2D eigenvalue weighted by Crippen LogP contribution is 2.25. The Morgan fingerprint density at radius 3 is 1.57 bits per heavy atom. The molecule has 0 aliphatic carbocycles. The Morgan fingerprint density at radius 2 is 1.11 bits per heavy atom. The molecule has 0 fully saturated rings. The van der Waals surface area contributed by atoms with Gasteiger partial charge in [0.2, 0.25) is 0 Å². The number of hydrogen-bond donors (Lipinski definition) is 1. The predicted molar refractivity (Wildman–Crippen MR) is 202 cm³/mol. The highest BCUT2D eigenvalue weighted by atomic mass is 16.1. The molecule has 1 rings (SSSR count). The second-order valence-corrected chi connectivity index (χ2v) is 14.0. The first-order valence-corrected chi connectivity index (χ1v) is 20.3. The third-order valence-electron chi connectivity index (χ3n) is 9.74. The van der Waals surface area contributed by atoms with Crippen molar-refractivity contribution in [3.63, 3.8) is 0 Å². The average molecular weight is 641 g/mol. The molecule has 1 aliphatic rings. The molecule has 0 spiro atoms. The number of carbonyl (C=O) groups excluding carboxylic acids is 2. The van der Waals surface area contributed by atoms with Crippen molar-refractivity contribution >= 4 is 17.9 Å². The van der Waals surface area contributed by atoms with Gasteiger partial charge in [-0.25, -0.2) is 0 Å². The van der Waals surface area contributed by atoms with Gasteiger partial charge in [0.1, 0.15) is 12.1 Å². The third kappa shape index (κ3) is 25.4. The van der Waals surface area contributed by atoms with Gasteiger partial charge in [0.05, 0.1) is 12.4 Å². The summed E-state index contributed by atoms with van der Waals surface area (Å²) < 4.78 is 0. The molecule has 0 bridgehead atoms. The molecule has 0 saturated carbocycles. The van der Waals surface area contributed by atoms with Crippen LogP contribution in [0.2, 0.25) is 0 Å². The fourth-order valence-corrected chi connectivity index (χ4v) is 6.73. The van der Waals surface area contributed by atoms with E-state index in [1.54, 1.807) is 0 Å². The van der Waals surface area contributed by atoms with Crippen molar-refractivity contribution in [2.75, 3.05) is 13.1 Å². The highest BCUT2D eigenvalue weighted by Gasteiger charge is 2.26. The van der Waals surface area contributed by atoms with Crippen molar-refractivity contribution < 1.29 is 9.59 Å². The minimum absolute atomic E-state index is 0.152. The minimum Gasteiger partial charge on any atom is -0.372 e. The third-order valence-corrected chi connectivity index (χ3v) is 9.74. The first-order chi connectivity index (χ1) is 22.7.